The number of nitrogens with zero attached hydrogens (tertiary/aromatic N) is 2. The highest BCUT2D eigenvalue weighted by Gasteiger charge is 2.45. The van der Waals surface area contributed by atoms with Gasteiger partial charge in [-0.05, 0) is 80.9 Å². The number of likely N-dealkylation sites (tertiary alicyclic amines) is 1. The van der Waals surface area contributed by atoms with E-state index in [1.54, 1.807) is 4.90 Å². The van der Waals surface area contributed by atoms with Gasteiger partial charge in [-0.25, -0.2) is 4.39 Å². The van der Waals surface area contributed by atoms with Crippen LogP contribution in [-0.2, 0) is 9.59 Å². The second-order valence-corrected chi connectivity index (χ2v) is 9.87. The molecule has 188 valence electrons. The van der Waals surface area contributed by atoms with Gasteiger partial charge in [-0.1, -0.05) is 54.8 Å². The lowest BCUT2D eigenvalue weighted by molar-refractivity contribution is -0.140. The predicted octanol–water partition coefficient (Wildman–Crippen LogP) is 6.30. The average molecular weight is 545 g/mol. The Morgan fingerprint density at radius 1 is 0.943 bits per heavy atom. The minimum Gasteiger partial charge on any atom is -0.507 e. The topological polar surface area (TPSA) is 60.9 Å². The summed E-state index contributed by atoms with van der Waals surface area (Å²) in [4.78, 5) is 30.2. The van der Waals surface area contributed by atoms with Crippen molar-refractivity contribution >= 4 is 33.4 Å². The van der Waals surface area contributed by atoms with Crippen molar-refractivity contribution in [3.05, 3.63) is 75.5 Å². The van der Waals surface area contributed by atoms with Crippen molar-refractivity contribution in [3.63, 3.8) is 0 Å². The minimum absolute atomic E-state index is 0.0396. The van der Waals surface area contributed by atoms with E-state index in [0.717, 1.165) is 61.8 Å². The van der Waals surface area contributed by atoms with Crippen molar-refractivity contribution in [1.82, 2.24) is 9.80 Å². The summed E-state index contributed by atoms with van der Waals surface area (Å²) in [5.74, 6) is -2.06. The fourth-order valence-electron chi connectivity index (χ4n) is 4.43. The van der Waals surface area contributed by atoms with Gasteiger partial charge in [0.05, 0.1) is 11.6 Å². The lowest BCUT2D eigenvalue weighted by atomic mass is 9.95. The van der Waals surface area contributed by atoms with Gasteiger partial charge in [0.1, 0.15) is 11.6 Å². The number of Topliss-reactive ketones (excluding diaryl/α,β-unsaturated/α-hetero) is 1. The zero-order valence-electron chi connectivity index (χ0n) is 20.5. The first-order chi connectivity index (χ1) is 16.9. The molecule has 1 amide bonds. The molecule has 5 nitrogen and oxygen atoms in total. The number of aliphatic hydroxyl groups excluding tert-OH is 1. The SMILES string of the molecule is CCCCN(CCCC)CCCN1C(=O)C(=O)C(=C(O)c2ccc(F)cc2)C1c1ccc(Br)cc1. The van der Waals surface area contributed by atoms with Crippen molar-refractivity contribution in [2.75, 3.05) is 26.2 Å². The van der Waals surface area contributed by atoms with Crippen molar-refractivity contribution in [1.29, 1.82) is 0 Å². The molecule has 1 N–H and O–H groups in total. The molecule has 3 rings (SSSR count). The first-order valence-corrected chi connectivity index (χ1v) is 13.2. The highest BCUT2D eigenvalue weighted by atomic mass is 79.9. The lowest BCUT2D eigenvalue weighted by Gasteiger charge is -2.27. The molecule has 35 heavy (non-hydrogen) atoms. The number of ketones is 1. The molecule has 1 fully saturated rings. The molecular weight excluding hydrogens is 511 g/mol. The van der Waals surface area contributed by atoms with E-state index < -0.39 is 23.5 Å². The molecule has 0 aromatic heterocycles. The molecule has 7 heteroatoms. The molecule has 1 heterocycles. The third-order valence-corrected chi connectivity index (χ3v) is 6.90. The van der Waals surface area contributed by atoms with Gasteiger partial charge in [0.2, 0.25) is 0 Å². The van der Waals surface area contributed by atoms with Crippen LogP contribution in [0.1, 0.15) is 63.1 Å². The molecule has 2 aromatic carbocycles. The third-order valence-electron chi connectivity index (χ3n) is 6.37. The summed E-state index contributed by atoms with van der Waals surface area (Å²) in [6.45, 7) is 7.65. The second-order valence-electron chi connectivity index (χ2n) is 8.95. The van der Waals surface area contributed by atoms with E-state index in [9.17, 15) is 19.1 Å². The van der Waals surface area contributed by atoms with E-state index >= 15 is 0 Å². The summed E-state index contributed by atoms with van der Waals surface area (Å²) in [6, 6.07) is 12.0. The monoisotopic (exact) mass is 544 g/mol. The smallest absolute Gasteiger partial charge is 0.295 e. The summed E-state index contributed by atoms with van der Waals surface area (Å²) < 4.78 is 14.3. The number of benzene rings is 2. The lowest BCUT2D eigenvalue weighted by Crippen LogP contribution is -2.34. The highest BCUT2D eigenvalue weighted by molar-refractivity contribution is 9.10. The zero-order valence-corrected chi connectivity index (χ0v) is 22.1. The van der Waals surface area contributed by atoms with Gasteiger partial charge in [-0.2, -0.15) is 0 Å². The van der Waals surface area contributed by atoms with Gasteiger partial charge in [-0.3, -0.25) is 9.59 Å². The van der Waals surface area contributed by atoms with E-state index in [1.165, 1.54) is 24.3 Å². The Labute approximate surface area is 215 Å². The fraction of sp³-hybridized carbons (Fsp3) is 0.429. The number of unbranched alkanes of at least 4 members (excludes halogenated alkanes) is 2. The number of hydrogen-bond donors (Lipinski definition) is 1. The van der Waals surface area contributed by atoms with Crippen LogP contribution in [0.25, 0.3) is 5.76 Å². The quantitative estimate of drug-likeness (QED) is 0.193. The Hall–Kier alpha value is -2.51. The van der Waals surface area contributed by atoms with E-state index in [0.29, 0.717) is 12.1 Å². The van der Waals surface area contributed by atoms with Crippen LogP contribution in [0.2, 0.25) is 0 Å². The van der Waals surface area contributed by atoms with Crippen molar-refractivity contribution < 1.29 is 19.1 Å². The van der Waals surface area contributed by atoms with E-state index in [4.69, 9.17) is 0 Å². The van der Waals surface area contributed by atoms with Crippen LogP contribution in [0.4, 0.5) is 4.39 Å². The summed E-state index contributed by atoms with van der Waals surface area (Å²) in [7, 11) is 0. The molecule has 0 spiro atoms. The van der Waals surface area contributed by atoms with Crippen LogP contribution in [0.3, 0.4) is 0 Å². The van der Waals surface area contributed by atoms with Crippen LogP contribution >= 0.6 is 15.9 Å². The summed E-state index contributed by atoms with van der Waals surface area (Å²) in [5.41, 5.74) is 1.08. The predicted molar refractivity (Wildman–Crippen MR) is 140 cm³/mol. The number of rotatable bonds is 12. The molecule has 1 atom stereocenters. The Kier molecular flexibility index (Phi) is 10.0. The number of carbonyl (C=O) groups is 2. The maximum atomic E-state index is 13.4. The third kappa shape index (κ3) is 6.79. The van der Waals surface area contributed by atoms with Crippen LogP contribution < -0.4 is 0 Å². The molecule has 0 aliphatic carbocycles. The van der Waals surface area contributed by atoms with Crippen LogP contribution in [0, 0.1) is 5.82 Å². The van der Waals surface area contributed by atoms with Crippen molar-refractivity contribution in [3.8, 4) is 0 Å². The van der Waals surface area contributed by atoms with Gasteiger partial charge < -0.3 is 14.9 Å². The van der Waals surface area contributed by atoms with Crippen LogP contribution in [0.5, 0.6) is 0 Å². The second kappa shape index (κ2) is 13.0. The summed E-state index contributed by atoms with van der Waals surface area (Å²) in [5, 5.41) is 11.1. The molecule has 1 aliphatic heterocycles. The summed E-state index contributed by atoms with van der Waals surface area (Å²) >= 11 is 3.43. The molecular formula is C28H34BrFN2O3. The number of hydrogen-bond acceptors (Lipinski definition) is 4. The Morgan fingerprint density at radius 2 is 1.51 bits per heavy atom. The van der Waals surface area contributed by atoms with E-state index in [-0.39, 0.29) is 11.3 Å². The molecule has 0 bridgehead atoms. The Morgan fingerprint density at radius 3 is 2.09 bits per heavy atom. The van der Waals surface area contributed by atoms with Crippen LogP contribution in [-0.4, -0.2) is 52.8 Å². The number of amides is 1. The zero-order chi connectivity index (χ0) is 25.4. The van der Waals surface area contributed by atoms with Crippen LogP contribution in [0.15, 0.2) is 58.6 Å². The Bertz CT molecular complexity index is 1030. The van der Waals surface area contributed by atoms with Gasteiger partial charge in [0.15, 0.2) is 0 Å². The normalized spacial score (nSPS) is 17.5. The number of halogens is 2. The van der Waals surface area contributed by atoms with Crippen molar-refractivity contribution in [2.45, 2.75) is 52.0 Å². The molecule has 0 radical (unpaired) electrons. The fourth-order valence-corrected chi connectivity index (χ4v) is 4.69. The first kappa shape index (κ1) is 27.1. The maximum Gasteiger partial charge on any atom is 0.295 e. The van der Waals surface area contributed by atoms with Crippen molar-refractivity contribution in [2.24, 2.45) is 0 Å². The first-order valence-electron chi connectivity index (χ1n) is 12.4. The molecule has 1 aliphatic rings. The number of aliphatic hydroxyl groups is 1. The molecule has 0 saturated carbocycles. The van der Waals surface area contributed by atoms with Gasteiger partial charge in [0, 0.05) is 16.6 Å². The average Bonchev–Trinajstić information content (AvgIpc) is 3.10. The van der Waals surface area contributed by atoms with Gasteiger partial charge in [-0.15, -0.1) is 0 Å². The summed E-state index contributed by atoms with van der Waals surface area (Å²) in [6.07, 6.45) is 5.24. The molecule has 1 saturated heterocycles. The molecule has 1 unspecified atom stereocenters. The molecule has 2 aromatic rings. The van der Waals surface area contributed by atoms with E-state index in [1.807, 2.05) is 24.3 Å². The van der Waals surface area contributed by atoms with Gasteiger partial charge >= 0.3 is 0 Å². The highest BCUT2D eigenvalue weighted by Crippen LogP contribution is 2.39. The Balaban J connectivity index is 1.90. The maximum absolute atomic E-state index is 13.4. The number of carbonyl (C=O) groups excluding carboxylic acids is 2. The standard InChI is InChI=1S/C28H34BrFN2O3/c1-3-5-16-31(17-6-4-2)18-7-19-32-25(20-8-12-22(29)13-9-20)24(27(34)28(32)35)26(33)21-10-14-23(30)15-11-21/h8-15,25,33H,3-7,16-19H2,1-2H3. The minimum atomic E-state index is -0.714. The largest absolute Gasteiger partial charge is 0.507 e. The van der Waals surface area contributed by atoms with Gasteiger partial charge in [0.25, 0.3) is 11.7 Å². The van der Waals surface area contributed by atoms with E-state index in [2.05, 4.69) is 34.7 Å².